The van der Waals surface area contributed by atoms with Crippen LogP contribution in [0.15, 0.2) is 29.3 Å². The fourth-order valence-corrected chi connectivity index (χ4v) is 3.47. The van der Waals surface area contributed by atoms with Gasteiger partial charge in [0.15, 0.2) is 5.96 Å². The van der Waals surface area contributed by atoms with E-state index in [1.807, 2.05) is 19.2 Å². The van der Waals surface area contributed by atoms with Crippen molar-refractivity contribution in [3.63, 3.8) is 0 Å². The maximum absolute atomic E-state index is 5.77. The van der Waals surface area contributed by atoms with Crippen molar-refractivity contribution in [1.29, 1.82) is 0 Å². The Kier molecular flexibility index (Phi) is 13.4. The molecule has 0 saturated carbocycles. The van der Waals surface area contributed by atoms with E-state index in [1.165, 1.54) is 18.4 Å². The molecule has 0 aliphatic carbocycles. The molecule has 0 bridgehead atoms. The van der Waals surface area contributed by atoms with Gasteiger partial charge in [-0.1, -0.05) is 26.0 Å². The van der Waals surface area contributed by atoms with Crippen molar-refractivity contribution in [3.8, 4) is 5.75 Å². The molecule has 0 amide bonds. The fraction of sp³-hybridized carbons (Fsp3) is 0.696. The summed E-state index contributed by atoms with van der Waals surface area (Å²) >= 11 is 0. The normalized spacial score (nSPS) is 16.8. The van der Waals surface area contributed by atoms with Crippen molar-refractivity contribution in [1.82, 2.24) is 15.5 Å². The number of rotatable bonds is 10. The van der Waals surface area contributed by atoms with E-state index < -0.39 is 0 Å². The number of ether oxygens (including phenoxy) is 2. The third kappa shape index (κ3) is 9.83. The molecule has 7 heteroatoms. The van der Waals surface area contributed by atoms with Crippen LogP contribution in [0.3, 0.4) is 0 Å². The molecule has 0 spiro atoms. The van der Waals surface area contributed by atoms with Gasteiger partial charge in [0.25, 0.3) is 0 Å². The largest absolute Gasteiger partial charge is 0.493 e. The molecule has 1 aromatic carbocycles. The molecule has 1 aliphatic heterocycles. The molecule has 1 saturated heterocycles. The van der Waals surface area contributed by atoms with Crippen LogP contribution in [-0.4, -0.2) is 64.4 Å². The Hall–Kier alpha value is -1.06. The third-order valence-electron chi connectivity index (χ3n) is 5.42. The van der Waals surface area contributed by atoms with Crippen LogP contribution < -0.4 is 15.4 Å². The molecule has 172 valence electrons. The van der Waals surface area contributed by atoms with Crippen LogP contribution in [0.25, 0.3) is 0 Å². The number of aliphatic imine (C=N–C) groups is 1. The van der Waals surface area contributed by atoms with E-state index >= 15 is 0 Å². The van der Waals surface area contributed by atoms with Crippen LogP contribution in [0.2, 0.25) is 0 Å². The summed E-state index contributed by atoms with van der Waals surface area (Å²) in [6.45, 7) is 12.4. The number of methoxy groups -OCH3 is 1. The Bertz CT molecular complexity index is 602. The van der Waals surface area contributed by atoms with E-state index in [9.17, 15) is 0 Å². The molecule has 1 unspecified atom stereocenters. The number of hydrogen-bond acceptors (Lipinski definition) is 4. The van der Waals surface area contributed by atoms with Gasteiger partial charge in [0.2, 0.25) is 0 Å². The second kappa shape index (κ2) is 14.9. The molecule has 1 fully saturated rings. The van der Waals surface area contributed by atoms with Gasteiger partial charge in [-0.3, -0.25) is 4.99 Å². The van der Waals surface area contributed by atoms with Gasteiger partial charge < -0.3 is 25.0 Å². The predicted molar refractivity (Wildman–Crippen MR) is 136 cm³/mol. The highest BCUT2D eigenvalue weighted by Crippen LogP contribution is 2.19. The zero-order chi connectivity index (χ0) is 21.1. The van der Waals surface area contributed by atoms with Crippen molar-refractivity contribution in [3.05, 3.63) is 29.8 Å². The Labute approximate surface area is 200 Å². The van der Waals surface area contributed by atoms with Crippen molar-refractivity contribution < 1.29 is 9.47 Å². The van der Waals surface area contributed by atoms with Gasteiger partial charge in [-0.2, -0.15) is 0 Å². The topological polar surface area (TPSA) is 58.1 Å². The van der Waals surface area contributed by atoms with Crippen LogP contribution in [0.1, 0.15) is 45.2 Å². The van der Waals surface area contributed by atoms with Gasteiger partial charge in [0, 0.05) is 27.2 Å². The lowest BCUT2D eigenvalue weighted by Crippen LogP contribution is -2.43. The maximum atomic E-state index is 5.77. The number of nitrogens with one attached hydrogen (secondary N) is 2. The van der Waals surface area contributed by atoms with Gasteiger partial charge in [-0.25, -0.2) is 0 Å². The summed E-state index contributed by atoms with van der Waals surface area (Å²) in [6.07, 6.45) is 2.45. The summed E-state index contributed by atoms with van der Waals surface area (Å²) in [5.74, 6) is 3.01. The third-order valence-corrected chi connectivity index (χ3v) is 5.42. The Morgan fingerprint density at radius 3 is 2.40 bits per heavy atom. The summed E-state index contributed by atoms with van der Waals surface area (Å²) in [7, 11) is 3.60. The lowest BCUT2D eigenvalue weighted by Gasteiger charge is -2.32. The first-order valence-corrected chi connectivity index (χ1v) is 10.9. The second-order valence-electron chi connectivity index (χ2n) is 8.37. The SMILES string of the molecule is CN=C(NCC1CCN(CCOC)CC1)NC(C)c1ccc(OCC(C)C)cc1.I. The number of halogens is 1. The van der Waals surface area contributed by atoms with Gasteiger partial charge in [-0.15, -0.1) is 24.0 Å². The van der Waals surface area contributed by atoms with Gasteiger partial charge >= 0.3 is 0 Å². The minimum Gasteiger partial charge on any atom is -0.493 e. The number of likely N-dealkylation sites (tertiary alicyclic amines) is 1. The van der Waals surface area contributed by atoms with Crippen molar-refractivity contribution >= 4 is 29.9 Å². The molecule has 1 aromatic rings. The number of nitrogens with zero attached hydrogens (tertiary/aromatic N) is 2. The fourth-order valence-electron chi connectivity index (χ4n) is 3.47. The molecular formula is C23H41IN4O2. The molecule has 1 atom stereocenters. The van der Waals surface area contributed by atoms with Gasteiger partial charge in [-0.05, 0) is 62.4 Å². The van der Waals surface area contributed by atoms with Crippen LogP contribution in [-0.2, 0) is 4.74 Å². The lowest BCUT2D eigenvalue weighted by atomic mass is 9.97. The highest BCUT2D eigenvalue weighted by atomic mass is 127. The molecule has 1 heterocycles. The number of benzene rings is 1. The first-order chi connectivity index (χ1) is 14.0. The van der Waals surface area contributed by atoms with E-state index in [0.29, 0.717) is 11.8 Å². The first kappa shape index (κ1) is 27.0. The van der Waals surface area contributed by atoms with E-state index in [4.69, 9.17) is 9.47 Å². The van der Waals surface area contributed by atoms with E-state index in [0.717, 1.165) is 51.1 Å². The monoisotopic (exact) mass is 532 g/mol. The number of hydrogen-bond donors (Lipinski definition) is 2. The molecule has 6 nitrogen and oxygen atoms in total. The quantitative estimate of drug-likeness (QED) is 0.272. The number of piperidine rings is 1. The molecule has 0 aromatic heterocycles. The molecule has 0 radical (unpaired) electrons. The Morgan fingerprint density at radius 2 is 1.83 bits per heavy atom. The summed E-state index contributed by atoms with van der Waals surface area (Å²) < 4.78 is 11.0. The number of guanidine groups is 1. The zero-order valence-electron chi connectivity index (χ0n) is 19.3. The van der Waals surface area contributed by atoms with Gasteiger partial charge in [0.05, 0.1) is 19.3 Å². The summed E-state index contributed by atoms with van der Waals surface area (Å²) in [5.41, 5.74) is 1.22. The average Bonchev–Trinajstić information content (AvgIpc) is 2.74. The molecule has 2 rings (SSSR count). The zero-order valence-corrected chi connectivity index (χ0v) is 21.6. The minimum atomic E-state index is 0. The maximum Gasteiger partial charge on any atom is 0.191 e. The summed E-state index contributed by atoms with van der Waals surface area (Å²) in [6, 6.07) is 8.51. The van der Waals surface area contributed by atoms with Crippen LogP contribution in [0.5, 0.6) is 5.75 Å². The highest BCUT2D eigenvalue weighted by molar-refractivity contribution is 14.0. The first-order valence-electron chi connectivity index (χ1n) is 10.9. The predicted octanol–water partition coefficient (Wildman–Crippen LogP) is 3.92. The van der Waals surface area contributed by atoms with E-state index in [1.54, 1.807) is 7.11 Å². The van der Waals surface area contributed by atoms with Crippen molar-refractivity contribution in [2.24, 2.45) is 16.8 Å². The molecule has 30 heavy (non-hydrogen) atoms. The van der Waals surface area contributed by atoms with Gasteiger partial charge in [0.1, 0.15) is 5.75 Å². The smallest absolute Gasteiger partial charge is 0.191 e. The Balaban J connectivity index is 0.00000450. The molecular weight excluding hydrogens is 491 g/mol. The second-order valence-corrected chi connectivity index (χ2v) is 8.37. The lowest BCUT2D eigenvalue weighted by molar-refractivity contribution is 0.121. The highest BCUT2D eigenvalue weighted by Gasteiger charge is 2.19. The van der Waals surface area contributed by atoms with E-state index in [2.05, 4.69) is 53.4 Å². The molecule has 1 aliphatic rings. The van der Waals surface area contributed by atoms with Crippen LogP contribution in [0.4, 0.5) is 0 Å². The van der Waals surface area contributed by atoms with Crippen molar-refractivity contribution in [2.45, 2.75) is 39.7 Å². The van der Waals surface area contributed by atoms with E-state index in [-0.39, 0.29) is 30.0 Å². The van der Waals surface area contributed by atoms with Crippen LogP contribution >= 0.6 is 24.0 Å². The standard InChI is InChI=1S/C23H40N4O2.HI/c1-18(2)17-29-22-8-6-21(7-9-22)19(3)26-23(24-4)25-16-20-10-12-27(13-11-20)14-15-28-5;/h6-9,18-20H,10-17H2,1-5H3,(H2,24,25,26);1H. The molecule has 2 N–H and O–H groups in total. The summed E-state index contributed by atoms with van der Waals surface area (Å²) in [5, 5.41) is 7.01. The van der Waals surface area contributed by atoms with Crippen molar-refractivity contribution in [2.75, 3.05) is 53.6 Å². The summed E-state index contributed by atoms with van der Waals surface area (Å²) in [4.78, 5) is 6.89. The minimum absolute atomic E-state index is 0. The average molecular weight is 533 g/mol. The van der Waals surface area contributed by atoms with Crippen LogP contribution in [0, 0.1) is 11.8 Å². The Morgan fingerprint density at radius 1 is 1.17 bits per heavy atom.